The third-order valence-corrected chi connectivity index (χ3v) is 7.83. The summed E-state index contributed by atoms with van der Waals surface area (Å²) in [6.45, 7) is 3.87. The topological polar surface area (TPSA) is 40.5 Å². The van der Waals surface area contributed by atoms with E-state index in [1.54, 1.807) is 29.6 Å². The molecule has 0 aromatic heterocycles. The summed E-state index contributed by atoms with van der Waals surface area (Å²) >= 11 is 15.4. The number of carbonyl (C=O) groups excluding carboxylic acids is 1. The van der Waals surface area contributed by atoms with Crippen LogP contribution >= 0.6 is 46.7 Å². The highest BCUT2D eigenvalue weighted by Crippen LogP contribution is 2.54. The van der Waals surface area contributed by atoms with Crippen molar-refractivity contribution in [2.75, 3.05) is 0 Å². The largest absolute Gasteiger partial charge is 0.392 e. The van der Waals surface area contributed by atoms with Gasteiger partial charge < -0.3 is 10.0 Å². The molecule has 1 fully saturated rings. The molecule has 2 aliphatic rings. The van der Waals surface area contributed by atoms with Crippen molar-refractivity contribution in [1.82, 2.24) is 4.90 Å². The molecule has 0 spiro atoms. The van der Waals surface area contributed by atoms with Gasteiger partial charge in [-0.2, -0.15) is 0 Å². The van der Waals surface area contributed by atoms with Gasteiger partial charge in [0.2, 0.25) is 5.91 Å². The molecular weight excluding hydrogens is 373 g/mol. The molecule has 3 rings (SSSR count). The van der Waals surface area contributed by atoms with E-state index in [0.717, 1.165) is 21.3 Å². The molecule has 0 saturated carbocycles. The van der Waals surface area contributed by atoms with Gasteiger partial charge in [0.15, 0.2) is 0 Å². The average molecular weight is 390 g/mol. The number of allylic oxidation sites excluding steroid dienone is 1. The molecule has 1 saturated heterocycles. The second-order valence-corrected chi connectivity index (χ2v) is 8.81. The molecule has 0 unspecified atom stereocenters. The van der Waals surface area contributed by atoms with E-state index in [1.807, 2.05) is 30.9 Å². The van der Waals surface area contributed by atoms with Crippen LogP contribution in [-0.2, 0) is 10.5 Å². The second-order valence-electron chi connectivity index (χ2n) is 5.63. The number of aliphatic hydroxyl groups is 1. The first-order valence-corrected chi connectivity index (χ1v) is 10.0. The van der Waals surface area contributed by atoms with E-state index in [4.69, 9.17) is 23.2 Å². The van der Waals surface area contributed by atoms with Gasteiger partial charge in [0.1, 0.15) is 5.37 Å². The van der Waals surface area contributed by atoms with Crippen molar-refractivity contribution in [1.29, 1.82) is 0 Å². The van der Waals surface area contributed by atoms with Gasteiger partial charge in [-0.1, -0.05) is 48.0 Å². The van der Waals surface area contributed by atoms with Crippen LogP contribution in [0, 0.1) is 5.92 Å². The van der Waals surface area contributed by atoms with E-state index >= 15 is 0 Å². The van der Waals surface area contributed by atoms with Crippen LogP contribution in [0.5, 0.6) is 0 Å². The minimum absolute atomic E-state index is 0.0412. The van der Waals surface area contributed by atoms with Gasteiger partial charge in [-0.15, -0.1) is 11.8 Å². The predicted octanol–water partition coefficient (Wildman–Crippen LogP) is 4.72. The third-order valence-electron chi connectivity index (χ3n) is 4.16. The van der Waals surface area contributed by atoms with Crippen LogP contribution in [0.2, 0.25) is 10.0 Å². The molecule has 1 aromatic rings. The molecule has 7 heteroatoms. The summed E-state index contributed by atoms with van der Waals surface area (Å²) in [5.74, 6) is 0.536. The fourth-order valence-electron chi connectivity index (χ4n) is 2.79. The molecule has 1 N–H and O–H groups in total. The molecule has 124 valence electrons. The molecule has 0 bridgehead atoms. The van der Waals surface area contributed by atoms with Crippen LogP contribution in [0.15, 0.2) is 28.1 Å². The van der Waals surface area contributed by atoms with Crippen LogP contribution in [-0.4, -0.2) is 27.4 Å². The number of benzene rings is 1. The smallest absolute Gasteiger partial charge is 0.236 e. The van der Waals surface area contributed by atoms with Gasteiger partial charge >= 0.3 is 0 Å². The minimum atomic E-state index is -0.552. The molecule has 2 aliphatic heterocycles. The number of nitrogens with zero attached hydrogens (tertiary/aromatic N) is 1. The number of hydrogen-bond donors (Lipinski definition) is 1. The summed E-state index contributed by atoms with van der Waals surface area (Å²) in [4.78, 5) is 14.0. The van der Waals surface area contributed by atoms with Crippen molar-refractivity contribution >= 4 is 52.6 Å². The van der Waals surface area contributed by atoms with Gasteiger partial charge in [0.25, 0.3) is 0 Å². The highest BCUT2D eigenvalue weighted by Gasteiger charge is 2.55. The molecule has 3 atom stereocenters. The highest BCUT2D eigenvalue weighted by molar-refractivity contribution is 8.22. The Kier molecular flexibility index (Phi) is 5.24. The molecule has 3 nitrogen and oxygen atoms in total. The minimum Gasteiger partial charge on any atom is -0.392 e. The number of β-lactam (4-membered cyclic amide) rings is 1. The zero-order valence-electron chi connectivity index (χ0n) is 12.8. The van der Waals surface area contributed by atoms with Crippen LogP contribution in [0.1, 0.15) is 25.8 Å². The standard InChI is InChI=1S/C16H17Cl2NO2S2/c1-3-12(20)13-14(21)19-8(2)16(23-15(13)19)22-7-9-4-5-10(17)11(18)6-9/h4-6,12-13,15,20H,3,7H2,1-2H3/t12-,13+,15+/m0/s1. The van der Waals surface area contributed by atoms with E-state index in [2.05, 4.69) is 0 Å². The summed E-state index contributed by atoms with van der Waals surface area (Å²) < 4.78 is 1.14. The van der Waals surface area contributed by atoms with Crippen LogP contribution in [0.4, 0.5) is 0 Å². The lowest BCUT2D eigenvalue weighted by Gasteiger charge is -2.44. The third kappa shape index (κ3) is 3.14. The number of aliphatic hydroxyl groups excluding tert-OH is 1. The van der Waals surface area contributed by atoms with E-state index in [0.29, 0.717) is 16.5 Å². The van der Waals surface area contributed by atoms with Gasteiger partial charge in [-0.25, -0.2) is 0 Å². The van der Waals surface area contributed by atoms with Crippen molar-refractivity contribution in [3.05, 3.63) is 43.7 Å². The van der Waals surface area contributed by atoms with Crippen molar-refractivity contribution in [2.45, 2.75) is 37.5 Å². The number of amides is 1. The van der Waals surface area contributed by atoms with E-state index in [-0.39, 0.29) is 17.2 Å². The normalized spacial score (nSPS) is 24.7. The monoisotopic (exact) mass is 389 g/mol. The van der Waals surface area contributed by atoms with Crippen LogP contribution < -0.4 is 0 Å². The summed E-state index contributed by atoms with van der Waals surface area (Å²) in [6.07, 6.45) is 0.0509. The summed E-state index contributed by atoms with van der Waals surface area (Å²) in [6, 6.07) is 5.63. The Balaban J connectivity index is 1.67. The summed E-state index contributed by atoms with van der Waals surface area (Å²) in [5.41, 5.74) is 2.09. The fraction of sp³-hybridized carbons (Fsp3) is 0.438. The number of halogens is 2. The van der Waals surface area contributed by atoms with Crippen molar-refractivity contribution in [3.8, 4) is 0 Å². The lowest BCUT2D eigenvalue weighted by molar-refractivity contribution is -0.153. The zero-order chi connectivity index (χ0) is 16.7. The molecule has 1 aromatic carbocycles. The first-order valence-electron chi connectivity index (χ1n) is 7.39. The van der Waals surface area contributed by atoms with Crippen molar-refractivity contribution in [2.24, 2.45) is 5.92 Å². The van der Waals surface area contributed by atoms with Crippen molar-refractivity contribution < 1.29 is 9.90 Å². The Bertz CT molecular complexity index is 680. The molecule has 2 heterocycles. The second kappa shape index (κ2) is 6.89. The molecule has 0 radical (unpaired) electrons. The summed E-state index contributed by atoms with van der Waals surface area (Å²) in [7, 11) is 0. The Labute approximate surface area is 154 Å². The highest BCUT2D eigenvalue weighted by atomic mass is 35.5. The van der Waals surface area contributed by atoms with Crippen LogP contribution in [0.3, 0.4) is 0 Å². The Morgan fingerprint density at radius 2 is 2.13 bits per heavy atom. The maximum absolute atomic E-state index is 12.2. The quantitative estimate of drug-likeness (QED) is 0.739. The van der Waals surface area contributed by atoms with E-state index in [1.165, 1.54) is 0 Å². The average Bonchev–Trinajstić information content (AvgIpc) is 2.80. The van der Waals surface area contributed by atoms with Crippen molar-refractivity contribution in [3.63, 3.8) is 0 Å². The first-order chi connectivity index (χ1) is 10.9. The lowest BCUT2D eigenvalue weighted by Crippen LogP contribution is -2.60. The number of thioether (sulfide) groups is 2. The van der Waals surface area contributed by atoms with E-state index < -0.39 is 6.10 Å². The number of fused-ring (bicyclic) bond motifs is 1. The van der Waals surface area contributed by atoms with Gasteiger partial charge in [0, 0.05) is 11.4 Å². The Morgan fingerprint density at radius 3 is 2.78 bits per heavy atom. The van der Waals surface area contributed by atoms with Crippen LogP contribution in [0.25, 0.3) is 0 Å². The number of hydrogen-bond acceptors (Lipinski definition) is 4. The Hall–Kier alpha value is -0.330. The molecule has 23 heavy (non-hydrogen) atoms. The maximum Gasteiger partial charge on any atom is 0.236 e. The molecular formula is C16H17Cl2NO2S2. The van der Waals surface area contributed by atoms with Gasteiger partial charge in [0.05, 0.1) is 26.3 Å². The summed E-state index contributed by atoms with van der Waals surface area (Å²) in [5, 5.41) is 11.2. The predicted molar refractivity (Wildman–Crippen MR) is 98.5 cm³/mol. The molecule has 1 amide bonds. The SMILES string of the molecule is CC[C@H](O)[C@@H]1C(=O)N2C(C)=C(SCc3ccc(Cl)c(Cl)c3)S[C@H]12. The molecule has 0 aliphatic carbocycles. The first kappa shape index (κ1) is 17.5. The maximum atomic E-state index is 12.2. The number of carbonyl (C=O) groups is 1. The zero-order valence-corrected chi connectivity index (χ0v) is 15.9. The number of rotatable bonds is 5. The Morgan fingerprint density at radius 1 is 1.39 bits per heavy atom. The fourth-order valence-corrected chi connectivity index (χ4v) is 5.94. The van der Waals surface area contributed by atoms with Gasteiger partial charge in [-0.3, -0.25) is 4.79 Å². The lowest BCUT2D eigenvalue weighted by atomic mass is 9.90. The van der Waals surface area contributed by atoms with Gasteiger partial charge in [-0.05, 0) is 31.0 Å². The van der Waals surface area contributed by atoms with E-state index in [9.17, 15) is 9.90 Å².